The first-order chi connectivity index (χ1) is 11.0. The molecule has 1 aromatic carbocycles. The minimum absolute atomic E-state index is 0.115. The van der Waals surface area contributed by atoms with E-state index in [1.807, 2.05) is 42.7 Å². The van der Waals surface area contributed by atoms with Crippen molar-refractivity contribution in [1.82, 2.24) is 4.98 Å². The number of aromatic nitrogens is 1. The summed E-state index contributed by atoms with van der Waals surface area (Å²) in [6, 6.07) is 14.3. The summed E-state index contributed by atoms with van der Waals surface area (Å²) in [5, 5.41) is 0. The van der Waals surface area contributed by atoms with E-state index in [-0.39, 0.29) is 4.32 Å². The molecule has 0 N–H and O–H groups in total. The lowest BCUT2D eigenvalue weighted by Crippen LogP contribution is -2.21. The molecule has 1 atom stereocenters. The van der Waals surface area contributed by atoms with Gasteiger partial charge in [0, 0.05) is 18.0 Å². The number of benzene rings is 1. The fraction of sp³-hybridized carbons (Fsp3) is 0.158. The van der Waals surface area contributed by atoms with Crippen molar-refractivity contribution >= 4 is 49.8 Å². The second-order valence-electron chi connectivity index (χ2n) is 5.70. The molecule has 1 unspecified atom stereocenters. The Morgan fingerprint density at radius 1 is 1.09 bits per heavy atom. The molecule has 0 fully saturated rings. The van der Waals surface area contributed by atoms with Crippen molar-refractivity contribution in [3.8, 4) is 0 Å². The number of halogens is 2. The summed E-state index contributed by atoms with van der Waals surface area (Å²) in [6.45, 7) is 2.13. The van der Waals surface area contributed by atoms with Gasteiger partial charge in [0.1, 0.15) is 4.60 Å². The maximum atomic E-state index is 4.68. The Hall–Kier alpha value is -1.52. The van der Waals surface area contributed by atoms with Crippen LogP contribution in [0.3, 0.4) is 0 Å². The first-order valence-corrected chi connectivity index (χ1v) is 8.94. The highest BCUT2D eigenvalue weighted by Crippen LogP contribution is 2.35. The normalized spacial score (nSPS) is 21.2. The molecule has 0 aliphatic carbocycles. The van der Waals surface area contributed by atoms with Gasteiger partial charge in [0.2, 0.25) is 0 Å². The summed E-state index contributed by atoms with van der Waals surface area (Å²) in [7, 11) is 0. The van der Waals surface area contributed by atoms with Crippen LogP contribution in [0.4, 0.5) is 0 Å². The zero-order valence-electron chi connectivity index (χ0n) is 12.7. The molecule has 2 aromatic rings. The predicted octanol–water partition coefficient (Wildman–Crippen LogP) is 5.90. The Kier molecular flexibility index (Phi) is 4.93. The van der Waals surface area contributed by atoms with Crippen LogP contribution in [0.5, 0.6) is 0 Å². The molecule has 1 aromatic heterocycles. The van der Waals surface area contributed by atoms with Gasteiger partial charge in [-0.1, -0.05) is 58.4 Å². The van der Waals surface area contributed by atoms with Gasteiger partial charge in [0.25, 0.3) is 0 Å². The van der Waals surface area contributed by atoms with Gasteiger partial charge in [-0.25, -0.2) is 4.98 Å². The molecular weight excluding hydrogens is 416 g/mol. The minimum Gasteiger partial charge on any atom is -0.259 e. The van der Waals surface area contributed by atoms with Crippen LogP contribution in [-0.4, -0.2) is 15.5 Å². The number of allylic oxidation sites excluding steroid dienone is 2. The number of pyridine rings is 1. The van der Waals surface area contributed by atoms with Crippen molar-refractivity contribution in [2.24, 2.45) is 4.99 Å². The summed E-state index contributed by atoms with van der Waals surface area (Å²) < 4.78 is 0.712. The van der Waals surface area contributed by atoms with Gasteiger partial charge in [0.05, 0.1) is 10.0 Å². The molecule has 23 heavy (non-hydrogen) atoms. The average Bonchev–Trinajstić information content (AvgIpc) is 2.54. The molecule has 0 bridgehead atoms. The van der Waals surface area contributed by atoms with E-state index in [9.17, 15) is 0 Å². The van der Waals surface area contributed by atoms with Gasteiger partial charge in [-0.2, -0.15) is 0 Å². The minimum atomic E-state index is -0.115. The van der Waals surface area contributed by atoms with Crippen LogP contribution in [0.1, 0.15) is 24.5 Å². The fourth-order valence-corrected chi connectivity index (χ4v) is 3.10. The number of hydrogen-bond donors (Lipinski definition) is 0. The van der Waals surface area contributed by atoms with Crippen LogP contribution in [0.15, 0.2) is 69.9 Å². The Bertz CT molecular complexity index is 773. The van der Waals surface area contributed by atoms with Crippen molar-refractivity contribution in [2.75, 3.05) is 0 Å². The van der Waals surface area contributed by atoms with E-state index in [2.05, 4.69) is 73.0 Å². The van der Waals surface area contributed by atoms with Gasteiger partial charge >= 0.3 is 0 Å². The van der Waals surface area contributed by atoms with Crippen LogP contribution >= 0.6 is 31.9 Å². The van der Waals surface area contributed by atoms with E-state index in [1.54, 1.807) is 0 Å². The van der Waals surface area contributed by atoms with Crippen molar-refractivity contribution in [2.45, 2.75) is 17.7 Å². The molecule has 3 rings (SSSR count). The van der Waals surface area contributed by atoms with Crippen LogP contribution in [0.2, 0.25) is 0 Å². The van der Waals surface area contributed by atoms with Crippen molar-refractivity contribution < 1.29 is 0 Å². The standard InChI is InChI=1S/C19H16Br2N2/c1-19(21)11-15(8-7-14-5-3-2-4-6-14)18(23-13-19)16-9-10-17(20)22-12-16/h2-10,12-13H,11H2,1H3. The first kappa shape index (κ1) is 16.3. The largest absolute Gasteiger partial charge is 0.259 e. The van der Waals surface area contributed by atoms with Gasteiger partial charge in [-0.15, -0.1) is 0 Å². The molecule has 0 saturated heterocycles. The van der Waals surface area contributed by atoms with Gasteiger partial charge in [-0.3, -0.25) is 4.99 Å². The molecule has 1 aliphatic rings. The highest BCUT2D eigenvalue weighted by Gasteiger charge is 2.25. The lowest BCUT2D eigenvalue weighted by molar-refractivity contribution is 0.849. The Labute approximate surface area is 153 Å². The highest BCUT2D eigenvalue weighted by molar-refractivity contribution is 9.10. The summed E-state index contributed by atoms with van der Waals surface area (Å²) in [6.07, 6.45) is 8.98. The fourth-order valence-electron chi connectivity index (χ4n) is 2.46. The summed E-state index contributed by atoms with van der Waals surface area (Å²) >= 11 is 7.11. The second kappa shape index (κ2) is 6.93. The summed E-state index contributed by atoms with van der Waals surface area (Å²) in [4.78, 5) is 8.99. The lowest BCUT2D eigenvalue weighted by Gasteiger charge is -2.24. The topological polar surface area (TPSA) is 25.2 Å². The molecule has 0 spiro atoms. The zero-order chi connectivity index (χ0) is 16.3. The van der Waals surface area contributed by atoms with E-state index >= 15 is 0 Å². The SMILES string of the molecule is CC1(Br)C=NC(c2ccc(Br)nc2)=C(C=Cc2ccccc2)C1. The van der Waals surface area contributed by atoms with Crippen molar-refractivity contribution in [1.29, 1.82) is 0 Å². The van der Waals surface area contributed by atoms with Crippen LogP contribution in [-0.2, 0) is 0 Å². The van der Waals surface area contributed by atoms with Gasteiger partial charge in [0.15, 0.2) is 0 Å². The Morgan fingerprint density at radius 2 is 1.87 bits per heavy atom. The molecule has 2 heterocycles. The van der Waals surface area contributed by atoms with Crippen LogP contribution in [0, 0.1) is 0 Å². The van der Waals surface area contributed by atoms with E-state index in [0.717, 1.165) is 22.3 Å². The maximum absolute atomic E-state index is 4.68. The predicted molar refractivity (Wildman–Crippen MR) is 105 cm³/mol. The van der Waals surface area contributed by atoms with Gasteiger partial charge < -0.3 is 0 Å². The summed E-state index contributed by atoms with van der Waals surface area (Å²) in [5.41, 5.74) is 4.38. The van der Waals surface area contributed by atoms with E-state index < -0.39 is 0 Å². The quantitative estimate of drug-likeness (QED) is 0.438. The number of hydrogen-bond acceptors (Lipinski definition) is 2. The number of aliphatic imine (C=N–C) groups is 1. The average molecular weight is 432 g/mol. The van der Waals surface area contributed by atoms with Crippen molar-refractivity contribution in [3.05, 3.63) is 76.0 Å². The van der Waals surface area contributed by atoms with Crippen LogP contribution < -0.4 is 0 Å². The molecule has 0 saturated carbocycles. The van der Waals surface area contributed by atoms with E-state index in [1.165, 1.54) is 11.1 Å². The Morgan fingerprint density at radius 3 is 2.57 bits per heavy atom. The zero-order valence-corrected chi connectivity index (χ0v) is 15.9. The number of alkyl halides is 1. The van der Waals surface area contributed by atoms with Gasteiger partial charge in [-0.05, 0) is 52.5 Å². The smallest absolute Gasteiger partial charge is 0.106 e. The monoisotopic (exact) mass is 430 g/mol. The van der Waals surface area contributed by atoms with Crippen LogP contribution in [0.25, 0.3) is 11.8 Å². The third-order valence-corrected chi connectivity index (χ3v) is 4.53. The third kappa shape index (κ3) is 4.27. The molecule has 0 amide bonds. The molecule has 116 valence electrons. The van der Waals surface area contributed by atoms with E-state index in [0.29, 0.717) is 0 Å². The molecule has 0 radical (unpaired) electrons. The lowest BCUT2D eigenvalue weighted by atomic mass is 9.94. The molecule has 4 heteroatoms. The Balaban J connectivity index is 2.00. The highest BCUT2D eigenvalue weighted by atomic mass is 79.9. The number of nitrogens with zero attached hydrogens (tertiary/aromatic N) is 2. The summed E-state index contributed by atoms with van der Waals surface area (Å²) in [5.74, 6) is 0. The molecule has 1 aliphatic heterocycles. The van der Waals surface area contributed by atoms with E-state index in [4.69, 9.17) is 0 Å². The third-order valence-electron chi connectivity index (χ3n) is 3.58. The molecular formula is C19H16Br2N2. The molecule has 2 nitrogen and oxygen atoms in total. The van der Waals surface area contributed by atoms with Crippen molar-refractivity contribution in [3.63, 3.8) is 0 Å². The second-order valence-corrected chi connectivity index (χ2v) is 8.32. The first-order valence-electron chi connectivity index (χ1n) is 7.36. The maximum Gasteiger partial charge on any atom is 0.106 e. The number of rotatable bonds is 3.